The Morgan fingerprint density at radius 2 is 1.94 bits per heavy atom. The van der Waals surface area contributed by atoms with Crippen molar-refractivity contribution >= 4 is 55.7 Å². The highest BCUT2D eigenvalue weighted by molar-refractivity contribution is 7.92. The minimum Gasteiger partial charge on any atom is -0.492 e. The highest BCUT2D eigenvalue weighted by Gasteiger charge is 2.26. The Balaban J connectivity index is 2.09. The number of nitrogens with one attached hydrogen (secondary N) is 1. The van der Waals surface area contributed by atoms with E-state index in [0.717, 1.165) is 17.4 Å². The van der Waals surface area contributed by atoms with Crippen LogP contribution < -0.4 is 9.46 Å². The molecule has 3 aromatic rings. The van der Waals surface area contributed by atoms with E-state index in [1.54, 1.807) is 30.3 Å². The Labute approximate surface area is 202 Å². The van der Waals surface area contributed by atoms with E-state index in [9.17, 15) is 13.2 Å². The van der Waals surface area contributed by atoms with E-state index in [1.165, 1.54) is 25.3 Å². The largest absolute Gasteiger partial charge is 0.492 e. The van der Waals surface area contributed by atoms with Gasteiger partial charge in [-0.05, 0) is 35.4 Å². The van der Waals surface area contributed by atoms with Gasteiger partial charge in [-0.1, -0.05) is 54.6 Å². The maximum atomic E-state index is 13.2. The van der Waals surface area contributed by atoms with Gasteiger partial charge in [0.1, 0.15) is 5.58 Å². The topological polar surface area (TPSA) is 85.6 Å². The average Bonchev–Trinajstić information content (AvgIpc) is 3.14. The molecule has 0 saturated carbocycles. The first kappa shape index (κ1) is 24.6. The van der Waals surface area contributed by atoms with Crippen LogP contribution >= 0.6 is 23.2 Å². The van der Waals surface area contributed by atoms with E-state index < -0.39 is 15.8 Å². The Hall–Kier alpha value is -3.00. The number of carbonyl (C=O) groups is 1. The highest BCUT2D eigenvalue weighted by atomic mass is 35.5. The molecule has 6 nitrogen and oxygen atoms in total. The summed E-state index contributed by atoms with van der Waals surface area (Å²) in [5.74, 6) is -0.0741. The summed E-state index contributed by atoms with van der Waals surface area (Å²) in [6.45, 7) is 3.63. The fraction of sp³-hybridized carbons (Fsp3) is 0.125. The van der Waals surface area contributed by atoms with Crippen LogP contribution in [0.1, 0.15) is 10.6 Å². The first-order chi connectivity index (χ1) is 15.7. The van der Waals surface area contributed by atoms with Crippen molar-refractivity contribution in [2.45, 2.75) is 0 Å². The smallest absolute Gasteiger partial charge is 0.233 e. The number of anilines is 1. The number of carbonyl (C=O) groups excluding carboxylic acids is 1. The van der Waals surface area contributed by atoms with Crippen molar-refractivity contribution < 1.29 is 22.4 Å². The van der Waals surface area contributed by atoms with Crippen LogP contribution in [0.5, 0.6) is 5.75 Å². The first-order valence-electron chi connectivity index (χ1n) is 9.66. The number of ether oxygens (including phenoxy) is 1. The zero-order valence-corrected chi connectivity index (χ0v) is 20.2. The van der Waals surface area contributed by atoms with Crippen molar-refractivity contribution in [3.63, 3.8) is 0 Å². The molecule has 0 spiro atoms. The molecule has 9 heteroatoms. The lowest BCUT2D eigenvalue weighted by Gasteiger charge is -2.07. The summed E-state index contributed by atoms with van der Waals surface area (Å²) >= 11 is 12.0. The predicted molar refractivity (Wildman–Crippen MR) is 134 cm³/mol. The summed E-state index contributed by atoms with van der Waals surface area (Å²) in [5, 5.41) is 0.777. The molecule has 0 aliphatic rings. The van der Waals surface area contributed by atoms with Crippen molar-refractivity contribution in [3.8, 4) is 16.9 Å². The molecule has 1 heterocycles. The van der Waals surface area contributed by atoms with E-state index in [-0.39, 0.29) is 28.0 Å². The van der Waals surface area contributed by atoms with Gasteiger partial charge in [0.25, 0.3) is 0 Å². The predicted octanol–water partition coefficient (Wildman–Crippen LogP) is 6.14. The first-order valence-corrected chi connectivity index (χ1v) is 12.5. The van der Waals surface area contributed by atoms with E-state index >= 15 is 0 Å². The molecule has 0 amide bonds. The zero-order valence-electron chi connectivity index (χ0n) is 17.9. The van der Waals surface area contributed by atoms with Gasteiger partial charge in [0.15, 0.2) is 5.75 Å². The Bertz CT molecular complexity index is 1390. The van der Waals surface area contributed by atoms with Crippen molar-refractivity contribution in [2.24, 2.45) is 0 Å². The molecule has 0 aliphatic heterocycles. The second-order valence-corrected chi connectivity index (χ2v) is 9.45. The van der Waals surface area contributed by atoms with Crippen molar-refractivity contribution in [1.29, 1.82) is 0 Å². The van der Waals surface area contributed by atoms with E-state index in [1.807, 2.05) is 12.1 Å². The lowest BCUT2D eigenvalue weighted by Crippen LogP contribution is -2.09. The molecule has 1 N–H and O–H groups in total. The maximum absolute atomic E-state index is 13.2. The number of furan rings is 1. The molecule has 0 radical (unpaired) electrons. The Morgan fingerprint density at radius 3 is 2.58 bits per heavy atom. The lowest BCUT2D eigenvalue weighted by atomic mass is 10.0. The molecule has 0 atom stereocenters. The van der Waals surface area contributed by atoms with Crippen LogP contribution in [0.15, 0.2) is 82.3 Å². The maximum Gasteiger partial charge on any atom is 0.233 e. The highest BCUT2D eigenvalue weighted by Crippen LogP contribution is 2.38. The molecule has 3 rings (SSSR count). The minimum absolute atomic E-state index is 0.00799. The van der Waals surface area contributed by atoms with E-state index in [2.05, 4.69) is 11.3 Å². The van der Waals surface area contributed by atoms with Gasteiger partial charge in [0.2, 0.25) is 21.6 Å². The number of hydrogen-bond donors (Lipinski definition) is 1. The number of Topliss-reactive ketones (excluding diaryl/α,β-unsaturated/α-hetero) is 1. The molecule has 0 bridgehead atoms. The van der Waals surface area contributed by atoms with Gasteiger partial charge in [0.05, 0.1) is 18.8 Å². The number of halogens is 2. The van der Waals surface area contributed by atoms with Crippen molar-refractivity contribution in [2.75, 3.05) is 24.0 Å². The van der Waals surface area contributed by atoms with Gasteiger partial charge >= 0.3 is 0 Å². The van der Waals surface area contributed by atoms with Crippen LogP contribution in [0.4, 0.5) is 5.69 Å². The van der Waals surface area contributed by atoms with Crippen molar-refractivity contribution in [1.82, 2.24) is 0 Å². The quantitative estimate of drug-likeness (QED) is 0.163. The molecular formula is C24H21Cl2NO5S. The summed E-state index contributed by atoms with van der Waals surface area (Å²) in [7, 11) is -1.96. The summed E-state index contributed by atoms with van der Waals surface area (Å²) in [5.41, 5.74) is 2.54. The summed E-state index contributed by atoms with van der Waals surface area (Å²) in [6.07, 6.45) is 5.51. The second kappa shape index (κ2) is 10.3. The lowest BCUT2D eigenvalue weighted by molar-refractivity contribution is 0.101. The number of sulfonamides is 1. The normalized spacial score (nSPS) is 12.6. The summed E-state index contributed by atoms with van der Waals surface area (Å²) in [4.78, 5) is 13.2. The molecular weight excluding hydrogens is 485 g/mol. The second-order valence-electron chi connectivity index (χ2n) is 6.98. The number of rotatable bonds is 9. The van der Waals surface area contributed by atoms with Crippen molar-refractivity contribution in [3.05, 3.63) is 83.6 Å². The van der Waals surface area contributed by atoms with Crippen LogP contribution in [0.25, 0.3) is 22.1 Å². The number of ketones is 1. The molecule has 33 heavy (non-hydrogen) atoms. The molecule has 0 fully saturated rings. The molecule has 1 aromatic heterocycles. The van der Waals surface area contributed by atoms with Crippen LogP contribution in [0.3, 0.4) is 0 Å². The van der Waals surface area contributed by atoms with Crippen LogP contribution in [-0.2, 0) is 10.0 Å². The number of methoxy groups -OCH3 is 1. The Morgan fingerprint density at radius 1 is 1.21 bits per heavy atom. The van der Waals surface area contributed by atoms with Gasteiger partial charge in [-0.2, -0.15) is 0 Å². The van der Waals surface area contributed by atoms with Crippen LogP contribution in [0.2, 0.25) is 0 Å². The van der Waals surface area contributed by atoms with Crippen LogP contribution in [-0.4, -0.2) is 33.4 Å². The minimum atomic E-state index is -3.41. The third-order valence-electron chi connectivity index (χ3n) is 4.60. The third-order valence-corrected chi connectivity index (χ3v) is 5.72. The molecule has 2 aromatic carbocycles. The number of fused-ring (bicyclic) bond motifs is 1. The van der Waals surface area contributed by atoms with E-state index in [0.29, 0.717) is 16.7 Å². The summed E-state index contributed by atoms with van der Waals surface area (Å²) in [6, 6.07) is 12.3. The number of alkyl halides is 1. The monoisotopic (exact) mass is 505 g/mol. The van der Waals surface area contributed by atoms with Gasteiger partial charge in [-0.15, -0.1) is 11.6 Å². The average molecular weight is 506 g/mol. The number of hydrogen-bond acceptors (Lipinski definition) is 5. The van der Waals surface area contributed by atoms with Gasteiger partial charge < -0.3 is 9.15 Å². The number of benzene rings is 2. The van der Waals surface area contributed by atoms with Gasteiger partial charge in [-0.3, -0.25) is 9.52 Å². The number of allylic oxidation sites excluding steroid dienone is 5. The molecule has 0 aliphatic carbocycles. The molecule has 0 unspecified atom stereocenters. The third kappa shape index (κ3) is 5.68. The fourth-order valence-corrected chi connectivity index (χ4v) is 4.28. The Kier molecular flexibility index (Phi) is 7.68. The van der Waals surface area contributed by atoms with Gasteiger partial charge in [-0.25, -0.2) is 8.42 Å². The summed E-state index contributed by atoms with van der Waals surface area (Å²) < 4.78 is 36.9. The SMILES string of the molecule is C=C/C=C(C(=O)c1oc2cc(-c3cccc(NS(C)(=O)=O)c3)ccc2c1OC)/C(Cl)=C\CCl. The van der Waals surface area contributed by atoms with Crippen LogP contribution in [0, 0.1) is 0 Å². The standard InChI is InChI=1S/C24H21Cl2NO5S/c1-4-6-18(20(26)11-12-25)22(28)24-23(31-2)19-10-9-16(14-21(19)32-24)15-7-5-8-17(13-15)27-33(3,29)30/h4-11,13-14,27H,1,12H2,2-3H3/b18-6-,20-11+. The van der Waals surface area contributed by atoms with E-state index in [4.69, 9.17) is 32.4 Å². The molecule has 0 saturated heterocycles. The fourth-order valence-electron chi connectivity index (χ4n) is 3.26. The van der Waals surface area contributed by atoms with Gasteiger partial charge in [0, 0.05) is 22.2 Å². The molecule has 172 valence electrons. The zero-order chi connectivity index (χ0) is 24.2.